The molecule has 34 heavy (non-hydrogen) atoms. The maximum atomic E-state index is 13.1. The van der Waals surface area contributed by atoms with Gasteiger partial charge in [-0.25, -0.2) is 22.8 Å². The zero-order valence-electron chi connectivity index (χ0n) is 19.5. The van der Waals surface area contributed by atoms with Crippen LogP contribution in [0.25, 0.3) is 21.6 Å². The summed E-state index contributed by atoms with van der Waals surface area (Å²) in [6.07, 6.45) is 1.65. The van der Waals surface area contributed by atoms with Crippen molar-refractivity contribution in [1.82, 2.24) is 24.8 Å². The largest absolute Gasteiger partial charge is 0.351 e. The normalized spacial score (nSPS) is 11.9. The van der Waals surface area contributed by atoms with Gasteiger partial charge >= 0.3 is 0 Å². The average molecular weight is 498 g/mol. The van der Waals surface area contributed by atoms with E-state index in [1.807, 2.05) is 44.4 Å². The third-order valence-corrected chi connectivity index (χ3v) is 7.91. The quantitative estimate of drug-likeness (QED) is 0.357. The Morgan fingerprint density at radius 3 is 2.65 bits per heavy atom. The van der Waals surface area contributed by atoms with Crippen LogP contribution < -0.4 is 10.0 Å². The number of carbonyl (C=O) groups is 1. The van der Waals surface area contributed by atoms with E-state index in [1.165, 1.54) is 0 Å². The first-order valence-electron chi connectivity index (χ1n) is 10.9. The molecule has 0 aliphatic carbocycles. The van der Waals surface area contributed by atoms with Crippen LogP contribution in [0.3, 0.4) is 0 Å². The fourth-order valence-electron chi connectivity index (χ4n) is 3.67. The van der Waals surface area contributed by atoms with Gasteiger partial charge in [0.05, 0.1) is 32.6 Å². The number of sulfonamides is 1. The van der Waals surface area contributed by atoms with Crippen LogP contribution in [-0.2, 0) is 10.0 Å². The number of hydrogen-bond acceptors (Lipinski definition) is 6. The van der Waals surface area contributed by atoms with Gasteiger partial charge in [0.2, 0.25) is 10.0 Å². The number of carbonyl (C=O) groups excluding carboxylic acids is 1. The molecule has 0 saturated heterocycles. The van der Waals surface area contributed by atoms with E-state index < -0.39 is 10.0 Å². The van der Waals surface area contributed by atoms with Crippen LogP contribution in [0.1, 0.15) is 41.4 Å². The Hall–Kier alpha value is -3.08. The van der Waals surface area contributed by atoms with Crippen molar-refractivity contribution in [1.29, 1.82) is 0 Å². The number of nitrogens with zero attached hydrogens (tertiary/aromatic N) is 3. The molecule has 0 saturated carbocycles. The second-order valence-corrected chi connectivity index (χ2v) is 11.1. The second kappa shape index (κ2) is 9.65. The van der Waals surface area contributed by atoms with Crippen molar-refractivity contribution in [2.75, 3.05) is 13.1 Å². The van der Waals surface area contributed by atoms with Crippen LogP contribution in [0.5, 0.6) is 0 Å². The first-order valence-corrected chi connectivity index (χ1v) is 13.3. The maximum absolute atomic E-state index is 13.1. The summed E-state index contributed by atoms with van der Waals surface area (Å²) >= 11 is 1.55. The highest BCUT2D eigenvalue weighted by Gasteiger charge is 2.20. The van der Waals surface area contributed by atoms with Crippen molar-refractivity contribution in [2.45, 2.75) is 38.6 Å². The van der Waals surface area contributed by atoms with Crippen LogP contribution in [0.2, 0.25) is 0 Å². The molecule has 0 bridgehead atoms. The minimum Gasteiger partial charge on any atom is -0.351 e. The highest BCUT2D eigenvalue weighted by molar-refractivity contribution is 7.89. The van der Waals surface area contributed by atoms with Gasteiger partial charge in [-0.2, -0.15) is 5.10 Å². The standard InChI is InChI=1S/C24H27N5O3S2/c1-15(2)29-23-19(14-26-29)18(13-20(28-23)21-6-5-11-33-21)24(30)25-9-10-27-34(31,32)22-12-16(3)7-8-17(22)4/h5-8,11-15,27H,9-10H2,1-4H3,(H,25,30). The fourth-order valence-corrected chi connectivity index (χ4v) is 5.71. The molecule has 0 spiro atoms. The van der Waals surface area contributed by atoms with Gasteiger partial charge in [-0.1, -0.05) is 18.2 Å². The Bertz CT molecular complexity index is 1440. The van der Waals surface area contributed by atoms with Crippen LogP contribution in [-0.4, -0.2) is 42.2 Å². The Labute approximate surface area is 203 Å². The summed E-state index contributed by atoms with van der Waals surface area (Å²) in [5, 5.41) is 9.86. The molecule has 2 N–H and O–H groups in total. The zero-order valence-corrected chi connectivity index (χ0v) is 21.1. The minimum atomic E-state index is -3.68. The first kappa shape index (κ1) is 24.1. The lowest BCUT2D eigenvalue weighted by Gasteiger charge is -2.12. The summed E-state index contributed by atoms with van der Waals surface area (Å²) in [5.74, 6) is -0.306. The number of pyridine rings is 1. The molecule has 1 amide bonds. The van der Waals surface area contributed by atoms with E-state index in [0.29, 0.717) is 27.9 Å². The van der Waals surface area contributed by atoms with E-state index in [2.05, 4.69) is 15.1 Å². The molecule has 10 heteroatoms. The van der Waals surface area contributed by atoms with E-state index in [0.717, 1.165) is 10.4 Å². The number of amides is 1. The molecule has 0 atom stereocenters. The maximum Gasteiger partial charge on any atom is 0.252 e. The van der Waals surface area contributed by atoms with E-state index in [1.54, 1.807) is 47.3 Å². The number of fused-ring (bicyclic) bond motifs is 1. The molecule has 0 aliphatic heterocycles. The summed E-state index contributed by atoms with van der Waals surface area (Å²) in [5.41, 5.74) is 3.33. The zero-order chi connectivity index (χ0) is 24.5. The van der Waals surface area contributed by atoms with Gasteiger partial charge in [0.15, 0.2) is 5.65 Å². The van der Waals surface area contributed by atoms with Crippen LogP contribution in [0.4, 0.5) is 0 Å². The van der Waals surface area contributed by atoms with Crippen molar-refractivity contribution in [2.24, 2.45) is 0 Å². The lowest BCUT2D eigenvalue weighted by atomic mass is 10.1. The summed E-state index contributed by atoms with van der Waals surface area (Å²) in [4.78, 5) is 19.1. The molecule has 4 aromatic rings. The fraction of sp³-hybridized carbons (Fsp3) is 0.292. The summed E-state index contributed by atoms with van der Waals surface area (Å²) in [6.45, 7) is 7.83. The summed E-state index contributed by atoms with van der Waals surface area (Å²) in [6, 6.07) is 11.0. The summed E-state index contributed by atoms with van der Waals surface area (Å²) < 4.78 is 29.8. The molecule has 0 unspecified atom stereocenters. The SMILES string of the molecule is Cc1ccc(C)c(S(=O)(=O)NCCNC(=O)c2cc(-c3cccs3)nc3c2cnn3C(C)C)c1. The third kappa shape index (κ3) is 4.89. The predicted molar refractivity (Wildman–Crippen MR) is 135 cm³/mol. The topological polar surface area (TPSA) is 106 Å². The Morgan fingerprint density at radius 2 is 1.94 bits per heavy atom. The highest BCUT2D eigenvalue weighted by Crippen LogP contribution is 2.28. The van der Waals surface area contributed by atoms with E-state index >= 15 is 0 Å². The highest BCUT2D eigenvalue weighted by atomic mass is 32.2. The summed E-state index contributed by atoms with van der Waals surface area (Å²) in [7, 11) is -3.68. The lowest BCUT2D eigenvalue weighted by molar-refractivity contribution is 0.0956. The smallest absolute Gasteiger partial charge is 0.252 e. The van der Waals surface area contributed by atoms with Gasteiger partial charge < -0.3 is 5.32 Å². The van der Waals surface area contributed by atoms with Gasteiger partial charge in [-0.15, -0.1) is 11.3 Å². The number of hydrogen-bond donors (Lipinski definition) is 2. The predicted octanol–water partition coefficient (Wildman–Crippen LogP) is 4.07. The Morgan fingerprint density at radius 1 is 1.15 bits per heavy atom. The molecule has 3 heterocycles. The van der Waals surface area contributed by atoms with Gasteiger partial charge in [0.25, 0.3) is 5.91 Å². The molecule has 0 aliphatic rings. The minimum absolute atomic E-state index is 0.0682. The van der Waals surface area contributed by atoms with Crippen LogP contribution in [0.15, 0.2) is 52.9 Å². The van der Waals surface area contributed by atoms with Crippen LogP contribution in [0, 0.1) is 13.8 Å². The van der Waals surface area contributed by atoms with Gasteiger partial charge in [-0.05, 0) is 62.4 Å². The Balaban J connectivity index is 1.52. The average Bonchev–Trinajstić information content (AvgIpc) is 3.47. The molecule has 0 radical (unpaired) electrons. The number of aromatic nitrogens is 3. The van der Waals surface area contributed by atoms with Crippen molar-refractivity contribution in [3.63, 3.8) is 0 Å². The van der Waals surface area contributed by atoms with Crippen molar-refractivity contribution in [3.8, 4) is 10.6 Å². The number of rotatable bonds is 8. The Kier molecular flexibility index (Phi) is 6.83. The van der Waals surface area contributed by atoms with Gasteiger partial charge in [0, 0.05) is 19.1 Å². The molecule has 1 aromatic carbocycles. The number of benzene rings is 1. The van der Waals surface area contributed by atoms with Crippen molar-refractivity contribution in [3.05, 3.63) is 64.7 Å². The van der Waals surface area contributed by atoms with Crippen molar-refractivity contribution >= 4 is 38.3 Å². The van der Waals surface area contributed by atoms with E-state index in [-0.39, 0.29) is 29.9 Å². The third-order valence-electron chi connectivity index (χ3n) is 5.41. The van der Waals surface area contributed by atoms with E-state index in [9.17, 15) is 13.2 Å². The molecule has 4 rings (SSSR count). The molecular formula is C24H27N5O3S2. The molecule has 178 valence electrons. The molecular weight excluding hydrogens is 470 g/mol. The molecule has 3 aromatic heterocycles. The second-order valence-electron chi connectivity index (χ2n) is 8.38. The van der Waals surface area contributed by atoms with E-state index in [4.69, 9.17) is 4.98 Å². The lowest BCUT2D eigenvalue weighted by Crippen LogP contribution is -2.35. The van der Waals surface area contributed by atoms with Crippen molar-refractivity contribution < 1.29 is 13.2 Å². The molecule has 8 nitrogen and oxygen atoms in total. The molecule has 0 fully saturated rings. The first-order chi connectivity index (χ1) is 16.2. The number of nitrogens with one attached hydrogen (secondary N) is 2. The monoisotopic (exact) mass is 497 g/mol. The van der Waals surface area contributed by atoms with Gasteiger partial charge in [-0.3, -0.25) is 4.79 Å². The number of thiophene rings is 1. The van der Waals surface area contributed by atoms with Gasteiger partial charge in [0.1, 0.15) is 0 Å². The number of aryl methyl sites for hydroxylation is 2. The van der Waals surface area contributed by atoms with Crippen LogP contribution >= 0.6 is 11.3 Å².